The molecule has 1 unspecified atom stereocenters. The van der Waals surface area contributed by atoms with E-state index in [1.165, 1.54) is 4.72 Å². The molecule has 1 amide bonds. The van der Waals surface area contributed by atoms with Crippen LogP contribution in [-0.2, 0) is 32.2 Å². The minimum atomic E-state index is -2.56. The molecule has 1 rings (SSSR count). The van der Waals surface area contributed by atoms with Gasteiger partial charge in [0, 0.05) is 0 Å². The molecule has 0 fully saturated rings. The molecule has 0 radical (unpaired) electrons. The van der Waals surface area contributed by atoms with E-state index in [-0.39, 0.29) is 6.61 Å². The predicted molar refractivity (Wildman–Crippen MR) is 55.2 cm³/mol. The number of amides is 1. The Morgan fingerprint density at radius 1 is 1.31 bits per heavy atom. The average Bonchev–Trinajstić information content (AvgIpc) is 2.26. The molecule has 0 saturated heterocycles. The molecule has 0 bridgehead atoms. The number of carbonyl (C=O) groups excluding carboxylic acids is 2. The Hall–Kier alpha value is -1.73. The van der Waals surface area contributed by atoms with Crippen LogP contribution in [0.1, 0.15) is 5.56 Å². The molecule has 86 valence electrons. The second kappa shape index (κ2) is 5.99. The topological polar surface area (TPSA) is 92.7 Å². The first-order valence-electron chi connectivity index (χ1n) is 4.22. The van der Waals surface area contributed by atoms with Crippen molar-refractivity contribution < 1.29 is 23.1 Å². The maximum absolute atomic E-state index is 11.0. The average molecular weight is 243 g/mol. The highest BCUT2D eigenvalue weighted by molar-refractivity contribution is 7.77. The van der Waals surface area contributed by atoms with Gasteiger partial charge in [0.2, 0.25) is 0 Å². The quantitative estimate of drug-likeness (QED) is 0.442. The van der Waals surface area contributed by atoms with Gasteiger partial charge in [-0.3, -0.25) is 9.35 Å². The monoisotopic (exact) mass is 243 g/mol. The van der Waals surface area contributed by atoms with Crippen molar-refractivity contribution >= 4 is 23.1 Å². The first-order chi connectivity index (χ1) is 7.59. The summed E-state index contributed by atoms with van der Waals surface area (Å²) in [5.41, 5.74) is 0.716. The van der Waals surface area contributed by atoms with Crippen LogP contribution in [0.3, 0.4) is 0 Å². The van der Waals surface area contributed by atoms with Gasteiger partial charge in [0.05, 0.1) is 0 Å². The first-order valence-corrected chi connectivity index (χ1v) is 5.33. The van der Waals surface area contributed by atoms with Gasteiger partial charge in [-0.1, -0.05) is 30.3 Å². The molecule has 0 heterocycles. The van der Waals surface area contributed by atoms with E-state index in [1.807, 2.05) is 0 Å². The fourth-order valence-electron chi connectivity index (χ4n) is 0.910. The molecule has 0 saturated carbocycles. The molecule has 0 spiro atoms. The van der Waals surface area contributed by atoms with E-state index in [1.54, 1.807) is 30.3 Å². The molecule has 1 atom stereocenters. The minimum absolute atomic E-state index is 0.0643. The zero-order valence-corrected chi connectivity index (χ0v) is 8.90. The second-order valence-corrected chi connectivity index (χ2v) is 3.44. The lowest BCUT2D eigenvalue weighted by molar-refractivity contribution is -0.155. The standard InChI is InChI=1S/C9H9NO5S/c11-8(10-16(13)14)9(12)15-6-7-4-2-1-3-5-7/h1-5H,6H2,(H,10,11)(H,13,14). The third-order valence-corrected chi connectivity index (χ3v) is 1.94. The van der Waals surface area contributed by atoms with E-state index >= 15 is 0 Å². The number of nitrogens with one attached hydrogen (secondary N) is 1. The number of hydrogen-bond acceptors (Lipinski definition) is 4. The molecule has 2 N–H and O–H groups in total. The number of esters is 1. The van der Waals surface area contributed by atoms with Crippen molar-refractivity contribution in [1.82, 2.24) is 4.72 Å². The summed E-state index contributed by atoms with van der Waals surface area (Å²) >= 11 is -2.56. The van der Waals surface area contributed by atoms with Gasteiger partial charge >= 0.3 is 11.9 Å². The lowest BCUT2D eigenvalue weighted by Crippen LogP contribution is -2.33. The summed E-state index contributed by atoms with van der Waals surface area (Å²) in [6.07, 6.45) is 0. The van der Waals surface area contributed by atoms with Gasteiger partial charge in [-0.25, -0.2) is 13.7 Å². The smallest absolute Gasteiger partial charge is 0.398 e. The molecule has 0 aliphatic rings. The molecule has 1 aromatic carbocycles. The van der Waals surface area contributed by atoms with Crippen LogP contribution in [-0.4, -0.2) is 20.6 Å². The Bertz CT molecular complexity index is 406. The Labute approximate surface area is 94.0 Å². The van der Waals surface area contributed by atoms with Crippen LogP contribution < -0.4 is 4.72 Å². The van der Waals surface area contributed by atoms with Crippen LogP contribution in [0.5, 0.6) is 0 Å². The number of ether oxygens (including phenoxy) is 1. The molecule has 0 aromatic heterocycles. The van der Waals surface area contributed by atoms with Crippen LogP contribution in [0.15, 0.2) is 30.3 Å². The van der Waals surface area contributed by atoms with Crippen molar-refractivity contribution in [2.45, 2.75) is 6.61 Å². The number of rotatable bonds is 3. The van der Waals surface area contributed by atoms with E-state index in [0.717, 1.165) is 0 Å². The maximum atomic E-state index is 11.0. The molecule has 0 aliphatic heterocycles. The fourth-order valence-corrected chi connectivity index (χ4v) is 1.15. The van der Waals surface area contributed by atoms with Crippen molar-refractivity contribution in [3.63, 3.8) is 0 Å². The zero-order chi connectivity index (χ0) is 12.0. The van der Waals surface area contributed by atoms with Crippen LogP contribution in [0.4, 0.5) is 0 Å². The summed E-state index contributed by atoms with van der Waals surface area (Å²) in [6, 6.07) is 8.75. The number of benzene rings is 1. The van der Waals surface area contributed by atoms with Gasteiger partial charge in [-0.15, -0.1) is 0 Å². The molecule has 0 aliphatic carbocycles. The van der Waals surface area contributed by atoms with E-state index in [4.69, 9.17) is 4.55 Å². The molecule has 16 heavy (non-hydrogen) atoms. The minimum Gasteiger partial charge on any atom is -0.454 e. The lowest BCUT2D eigenvalue weighted by Gasteiger charge is -2.03. The Morgan fingerprint density at radius 2 is 1.94 bits per heavy atom. The van der Waals surface area contributed by atoms with Crippen LogP contribution in [0, 0.1) is 0 Å². The number of carbonyl (C=O) groups is 2. The summed E-state index contributed by atoms with van der Waals surface area (Å²) in [4.78, 5) is 21.8. The van der Waals surface area contributed by atoms with E-state index < -0.39 is 23.1 Å². The molecule has 1 aromatic rings. The third kappa shape index (κ3) is 4.20. The van der Waals surface area contributed by atoms with Crippen molar-refractivity contribution in [3.8, 4) is 0 Å². The Morgan fingerprint density at radius 3 is 2.50 bits per heavy atom. The van der Waals surface area contributed by atoms with Gasteiger partial charge < -0.3 is 4.74 Å². The molecule has 6 nitrogen and oxygen atoms in total. The number of hydrogen-bond donors (Lipinski definition) is 2. The fraction of sp³-hybridized carbons (Fsp3) is 0.111. The highest BCUT2D eigenvalue weighted by Gasteiger charge is 2.16. The van der Waals surface area contributed by atoms with Gasteiger partial charge in [0.15, 0.2) is 0 Å². The van der Waals surface area contributed by atoms with Gasteiger partial charge in [0.1, 0.15) is 6.61 Å². The van der Waals surface area contributed by atoms with Crippen LogP contribution in [0.2, 0.25) is 0 Å². The Kier molecular flexibility index (Phi) is 4.62. The summed E-state index contributed by atoms with van der Waals surface area (Å²) in [7, 11) is 0. The largest absolute Gasteiger partial charge is 0.454 e. The first kappa shape index (κ1) is 12.3. The SMILES string of the molecule is O=C(NS(=O)O)C(=O)OCc1ccccc1. The molecule has 7 heteroatoms. The zero-order valence-electron chi connectivity index (χ0n) is 8.08. The van der Waals surface area contributed by atoms with Crippen molar-refractivity contribution in [3.05, 3.63) is 35.9 Å². The normalized spacial score (nSPS) is 11.6. The molecular formula is C9H9NO5S. The summed E-state index contributed by atoms with van der Waals surface area (Å²) in [6.45, 7) is -0.0643. The lowest BCUT2D eigenvalue weighted by atomic mass is 10.2. The van der Waals surface area contributed by atoms with E-state index in [9.17, 15) is 13.8 Å². The summed E-state index contributed by atoms with van der Waals surface area (Å²) < 4.78 is 24.5. The van der Waals surface area contributed by atoms with Crippen molar-refractivity contribution in [2.24, 2.45) is 0 Å². The third-order valence-electron chi connectivity index (χ3n) is 1.58. The second-order valence-electron chi connectivity index (χ2n) is 2.74. The Balaban J connectivity index is 2.41. The van der Waals surface area contributed by atoms with Gasteiger partial charge in [-0.2, -0.15) is 0 Å². The van der Waals surface area contributed by atoms with E-state index in [0.29, 0.717) is 5.56 Å². The predicted octanol–water partition coefficient (Wildman–Crippen LogP) is -0.0173. The van der Waals surface area contributed by atoms with Crippen LogP contribution in [0.25, 0.3) is 0 Å². The van der Waals surface area contributed by atoms with Crippen molar-refractivity contribution in [1.29, 1.82) is 0 Å². The van der Waals surface area contributed by atoms with E-state index in [2.05, 4.69) is 4.74 Å². The van der Waals surface area contributed by atoms with Gasteiger partial charge in [0.25, 0.3) is 11.3 Å². The summed E-state index contributed by atoms with van der Waals surface area (Å²) in [5, 5.41) is 0. The summed E-state index contributed by atoms with van der Waals surface area (Å²) in [5.74, 6) is -2.46. The highest BCUT2D eigenvalue weighted by atomic mass is 32.2. The molecular weight excluding hydrogens is 234 g/mol. The van der Waals surface area contributed by atoms with Crippen LogP contribution >= 0.6 is 0 Å². The van der Waals surface area contributed by atoms with Crippen molar-refractivity contribution in [2.75, 3.05) is 0 Å². The van der Waals surface area contributed by atoms with Gasteiger partial charge in [-0.05, 0) is 5.56 Å². The highest BCUT2D eigenvalue weighted by Crippen LogP contribution is 2.00. The maximum Gasteiger partial charge on any atom is 0.398 e.